The van der Waals surface area contributed by atoms with Gasteiger partial charge in [-0.25, -0.2) is 9.78 Å². The maximum Gasteiger partial charge on any atom is 0.419 e. The zero-order valence-electron chi connectivity index (χ0n) is 22.7. The second kappa shape index (κ2) is 12.6. The summed E-state index contributed by atoms with van der Waals surface area (Å²) in [4.78, 5) is 32.7. The van der Waals surface area contributed by atoms with E-state index in [1.54, 1.807) is 56.0 Å². The lowest BCUT2D eigenvalue weighted by Gasteiger charge is -2.41. The van der Waals surface area contributed by atoms with Crippen LogP contribution < -0.4 is 10.2 Å². The number of halogens is 4. The third kappa shape index (κ3) is 7.75. The highest BCUT2D eigenvalue weighted by molar-refractivity contribution is 9.11. The summed E-state index contributed by atoms with van der Waals surface area (Å²) in [5.41, 5.74) is -1.52. The average molecular weight is 672 g/mol. The SMILES string of the molecule is CC(C)(C)N(C[C@H]1CCCN(c2c(NC(=O)c3csc(Br)n3)ccc(Sc3ccccc3)c2C(F)(F)F)C1)C(=O)O. The number of hydrogen-bond acceptors (Lipinski definition) is 6. The molecule has 2 N–H and O–H groups in total. The molecular formula is C28H30BrF3N4O3S2. The van der Waals surface area contributed by atoms with Crippen molar-refractivity contribution in [3.8, 4) is 0 Å². The highest BCUT2D eigenvalue weighted by Crippen LogP contribution is 2.48. The second-order valence-electron chi connectivity index (χ2n) is 10.7. The van der Waals surface area contributed by atoms with Crippen molar-refractivity contribution in [1.82, 2.24) is 9.88 Å². The molecule has 2 amide bonds. The number of carboxylic acid groups (broad SMARTS) is 1. The largest absolute Gasteiger partial charge is 0.465 e. The molecule has 0 saturated carbocycles. The van der Waals surface area contributed by atoms with Gasteiger partial charge in [-0.15, -0.1) is 11.3 Å². The van der Waals surface area contributed by atoms with E-state index in [0.717, 1.165) is 11.8 Å². The van der Waals surface area contributed by atoms with Crippen LogP contribution in [-0.4, -0.2) is 52.2 Å². The minimum absolute atomic E-state index is 0.0112. The number of carbonyl (C=O) groups excluding carboxylic acids is 1. The minimum atomic E-state index is -4.73. The fourth-order valence-electron chi connectivity index (χ4n) is 4.83. The molecule has 1 saturated heterocycles. The van der Waals surface area contributed by atoms with Crippen LogP contribution in [0.5, 0.6) is 0 Å². The Kier molecular flexibility index (Phi) is 9.59. The minimum Gasteiger partial charge on any atom is -0.465 e. The molecule has 1 aliphatic heterocycles. The second-order valence-corrected chi connectivity index (χ2v) is 14.0. The Bertz CT molecular complexity index is 1400. The van der Waals surface area contributed by atoms with Gasteiger partial charge in [0.25, 0.3) is 5.91 Å². The standard InChI is InChI=1S/C28H30BrF3N4O3S2/c1-27(2,3)36(26(38)39)15-17-8-7-13-35(14-17)23-19(33-24(37)20-16-40-25(29)34-20)11-12-21(22(23)28(30,31)32)41-18-9-5-4-6-10-18/h4-6,9-12,16-17H,7-8,13-15H2,1-3H3,(H,33,37)(H,38,39)/t17-/m0/s1. The number of alkyl halides is 3. The monoisotopic (exact) mass is 670 g/mol. The average Bonchev–Trinajstić information content (AvgIpc) is 3.33. The van der Waals surface area contributed by atoms with E-state index >= 15 is 0 Å². The molecule has 41 heavy (non-hydrogen) atoms. The summed E-state index contributed by atoms with van der Waals surface area (Å²) in [7, 11) is 0. The zero-order chi connectivity index (χ0) is 29.9. The van der Waals surface area contributed by atoms with Crippen LogP contribution in [0.4, 0.5) is 29.3 Å². The van der Waals surface area contributed by atoms with Crippen molar-refractivity contribution in [2.75, 3.05) is 29.9 Å². The number of benzene rings is 2. The van der Waals surface area contributed by atoms with Crippen molar-refractivity contribution in [3.63, 3.8) is 0 Å². The van der Waals surface area contributed by atoms with Crippen LogP contribution >= 0.6 is 39.0 Å². The molecule has 1 aromatic heterocycles. The van der Waals surface area contributed by atoms with Crippen LogP contribution in [0.3, 0.4) is 0 Å². The Balaban J connectivity index is 1.78. The molecule has 0 aliphatic carbocycles. The molecule has 0 spiro atoms. The van der Waals surface area contributed by atoms with E-state index in [1.165, 1.54) is 33.7 Å². The van der Waals surface area contributed by atoms with Crippen LogP contribution in [0.25, 0.3) is 0 Å². The molecule has 1 fully saturated rings. The normalized spacial score (nSPS) is 16.0. The van der Waals surface area contributed by atoms with Crippen molar-refractivity contribution in [1.29, 1.82) is 0 Å². The van der Waals surface area contributed by atoms with Crippen molar-refractivity contribution in [2.24, 2.45) is 5.92 Å². The third-order valence-electron chi connectivity index (χ3n) is 6.67. The summed E-state index contributed by atoms with van der Waals surface area (Å²) >= 11 is 5.41. The van der Waals surface area contributed by atoms with Gasteiger partial charge in [0.05, 0.1) is 16.9 Å². The van der Waals surface area contributed by atoms with Crippen LogP contribution in [-0.2, 0) is 6.18 Å². The van der Waals surface area contributed by atoms with Crippen LogP contribution in [0.1, 0.15) is 49.7 Å². The maximum atomic E-state index is 14.9. The Morgan fingerprint density at radius 1 is 1.20 bits per heavy atom. The number of aromatic nitrogens is 1. The van der Waals surface area contributed by atoms with Gasteiger partial charge < -0.3 is 20.2 Å². The summed E-state index contributed by atoms with van der Waals surface area (Å²) in [5.74, 6) is -0.827. The van der Waals surface area contributed by atoms with Gasteiger partial charge >= 0.3 is 12.3 Å². The van der Waals surface area contributed by atoms with Gasteiger partial charge in [-0.2, -0.15) is 13.2 Å². The highest BCUT2D eigenvalue weighted by Gasteiger charge is 2.41. The first kappa shape index (κ1) is 31.2. The summed E-state index contributed by atoms with van der Waals surface area (Å²) in [6, 6.07) is 11.7. The van der Waals surface area contributed by atoms with Crippen LogP contribution in [0, 0.1) is 5.92 Å². The number of piperidine rings is 1. The van der Waals surface area contributed by atoms with Crippen LogP contribution in [0.2, 0.25) is 0 Å². The lowest BCUT2D eigenvalue weighted by molar-refractivity contribution is -0.139. The Labute approximate surface area is 253 Å². The van der Waals surface area contributed by atoms with E-state index in [9.17, 15) is 27.9 Å². The van der Waals surface area contributed by atoms with Crippen LogP contribution in [0.15, 0.2) is 61.6 Å². The number of amides is 2. The zero-order valence-corrected chi connectivity index (χ0v) is 25.9. The van der Waals surface area contributed by atoms with E-state index in [-0.39, 0.29) is 41.0 Å². The van der Waals surface area contributed by atoms with Crippen molar-refractivity contribution in [3.05, 3.63) is 63.0 Å². The molecule has 0 unspecified atom stereocenters. The van der Waals surface area contributed by atoms with Gasteiger partial charge in [0, 0.05) is 40.3 Å². The Hall–Kier alpha value is -2.77. The topological polar surface area (TPSA) is 85.8 Å². The summed E-state index contributed by atoms with van der Waals surface area (Å²) in [6.45, 7) is 6.08. The molecule has 2 heterocycles. The van der Waals surface area contributed by atoms with E-state index < -0.39 is 29.3 Å². The fourth-order valence-corrected chi connectivity index (χ4v) is 6.82. The van der Waals surface area contributed by atoms with Crippen molar-refractivity contribution >= 4 is 62.4 Å². The Morgan fingerprint density at radius 3 is 2.49 bits per heavy atom. The predicted octanol–water partition coefficient (Wildman–Crippen LogP) is 8.32. The first-order valence-corrected chi connectivity index (χ1v) is 15.4. The number of nitrogens with one attached hydrogen (secondary N) is 1. The maximum absolute atomic E-state index is 14.9. The van der Waals surface area contributed by atoms with E-state index in [4.69, 9.17) is 0 Å². The molecule has 1 aliphatic rings. The smallest absolute Gasteiger partial charge is 0.419 e. The molecule has 0 bridgehead atoms. The molecule has 13 heteroatoms. The predicted molar refractivity (Wildman–Crippen MR) is 159 cm³/mol. The first-order valence-electron chi connectivity index (χ1n) is 12.9. The fraction of sp³-hybridized carbons (Fsp3) is 0.393. The molecule has 4 rings (SSSR count). The van der Waals surface area contributed by atoms with Gasteiger partial charge in [0.15, 0.2) is 3.92 Å². The lowest BCUT2D eigenvalue weighted by atomic mass is 9.94. The van der Waals surface area contributed by atoms with E-state index in [1.807, 2.05) is 0 Å². The molecule has 1 atom stereocenters. The Morgan fingerprint density at radius 2 is 1.90 bits per heavy atom. The van der Waals surface area contributed by atoms with E-state index in [0.29, 0.717) is 28.2 Å². The number of nitrogens with zero attached hydrogens (tertiary/aromatic N) is 3. The van der Waals surface area contributed by atoms with Crippen molar-refractivity contribution < 1.29 is 27.9 Å². The number of hydrogen-bond donors (Lipinski definition) is 2. The molecule has 220 valence electrons. The summed E-state index contributed by atoms with van der Waals surface area (Å²) in [5, 5.41) is 14.0. The highest BCUT2D eigenvalue weighted by atomic mass is 79.9. The number of thiazole rings is 1. The summed E-state index contributed by atoms with van der Waals surface area (Å²) in [6.07, 6.45) is -4.57. The molecule has 3 aromatic rings. The molecule has 7 nitrogen and oxygen atoms in total. The third-order valence-corrected chi connectivity index (χ3v) is 9.10. The van der Waals surface area contributed by atoms with Crippen molar-refractivity contribution in [2.45, 2.75) is 55.1 Å². The molecular weight excluding hydrogens is 641 g/mol. The summed E-state index contributed by atoms with van der Waals surface area (Å²) < 4.78 is 45.3. The number of anilines is 2. The van der Waals surface area contributed by atoms with Gasteiger partial charge in [-0.05, 0) is 79.7 Å². The molecule has 0 radical (unpaired) electrons. The first-order chi connectivity index (χ1) is 19.2. The number of carbonyl (C=O) groups is 2. The van der Waals surface area contributed by atoms with Gasteiger partial charge in [0.2, 0.25) is 0 Å². The quantitative estimate of drug-likeness (QED) is 0.263. The molecule has 2 aromatic carbocycles. The van der Waals surface area contributed by atoms with E-state index in [2.05, 4.69) is 26.2 Å². The lowest BCUT2D eigenvalue weighted by Crippen LogP contribution is -2.50. The van der Waals surface area contributed by atoms with Gasteiger partial charge in [-0.3, -0.25) is 4.79 Å². The van der Waals surface area contributed by atoms with Gasteiger partial charge in [0.1, 0.15) is 5.69 Å². The number of rotatable bonds is 7. The van der Waals surface area contributed by atoms with Gasteiger partial charge in [-0.1, -0.05) is 30.0 Å².